The molecule has 0 aliphatic heterocycles. The number of carbonyl (C=O) groups excluding carboxylic acids is 2. The lowest BCUT2D eigenvalue weighted by Gasteiger charge is -2.30. The van der Waals surface area contributed by atoms with Crippen LogP contribution in [0.25, 0.3) is 0 Å². The third-order valence-electron chi connectivity index (χ3n) is 4.82. The second-order valence-electron chi connectivity index (χ2n) is 7.68. The van der Waals surface area contributed by atoms with Gasteiger partial charge in [0.2, 0.25) is 0 Å². The summed E-state index contributed by atoms with van der Waals surface area (Å²) in [5.74, 6) is -0.0791. The number of carbonyl (C=O) groups is 2. The van der Waals surface area contributed by atoms with E-state index in [1.807, 2.05) is 25.6 Å². The quantitative estimate of drug-likeness (QED) is 0.690. The zero-order valence-corrected chi connectivity index (χ0v) is 16.6. The van der Waals surface area contributed by atoms with Crippen molar-refractivity contribution in [3.63, 3.8) is 0 Å². The normalized spacial score (nSPS) is 23.0. The Labute approximate surface area is 150 Å². The molecule has 0 N–H and O–H groups in total. The van der Waals surface area contributed by atoms with E-state index < -0.39 is 5.92 Å². The van der Waals surface area contributed by atoms with Crippen LogP contribution in [-0.4, -0.2) is 22.1 Å². The fourth-order valence-corrected chi connectivity index (χ4v) is 5.49. The number of hydrogen-bond donors (Lipinski definition) is 0. The number of rotatable bonds is 5. The summed E-state index contributed by atoms with van der Waals surface area (Å²) in [7, 11) is 0. The lowest BCUT2D eigenvalue weighted by molar-refractivity contribution is -0.133. The van der Waals surface area contributed by atoms with E-state index in [0.29, 0.717) is 23.3 Å². The van der Waals surface area contributed by atoms with E-state index in [9.17, 15) is 9.59 Å². The Morgan fingerprint density at radius 1 is 1.00 bits per heavy atom. The molecule has 0 aromatic heterocycles. The van der Waals surface area contributed by atoms with Crippen molar-refractivity contribution in [2.24, 2.45) is 5.92 Å². The Hall–Kier alpha value is -1.09. The average molecular weight is 347 g/mol. The highest BCUT2D eigenvalue weighted by molar-refractivity contribution is 8.00. The fourth-order valence-electron chi connectivity index (χ4n) is 4.18. The van der Waals surface area contributed by atoms with E-state index in [1.54, 1.807) is 0 Å². The summed E-state index contributed by atoms with van der Waals surface area (Å²) in [5.41, 5.74) is 4.28. The third kappa shape index (κ3) is 4.50. The van der Waals surface area contributed by atoms with Gasteiger partial charge in [-0.25, -0.2) is 0 Å². The van der Waals surface area contributed by atoms with Crippen LogP contribution in [0.15, 0.2) is 12.1 Å². The molecule has 1 saturated carbocycles. The predicted molar refractivity (Wildman–Crippen MR) is 103 cm³/mol. The monoisotopic (exact) mass is 346 g/mol. The molecule has 0 heterocycles. The van der Waals surface area contributed by atoms with E-state index in [4.69, 9.17) is 0 Å². The van der Waals surface area contributed by atoms with Crippen LogP contribution in [0, 0.1) is 26.7 Å². The van der Waals surface area contributed by atoms with Crippen molar-refractivity contribution >= 4 is 23.3 Å². The van der Waals surface area contributed by atoms with Gasteiger partial charge in [0.25, 0.3) is 0 Å². The lowest BCUT2D eigenvalue weighted by Crippen LogP contribution is -2.33. The summed E-state index contributed by atoms with van der Waals surface area (Å²) in [4.78, 5) is 25.6. The average Bonchev–Trinajstić information content (AvgIpc) is 2.39. The van der Waals surface area contributed by atoms with Crippen molar-refractivity contribution in [3.8, 4) is 0 Å². The number of ketones is 2. The van der Waals surface area contributed by atoms with E-state index in [0.717, 1.165) is 23.1 Å². The number of benzene rings is 1. The first-order valence-electron chi connectivity index (χ1n) is 8.97. The van der Waals surface area contributed by atoms with E-state index in [2.05, 4.69) is 39.8 Å². The van der Waals surface area contributed by atoms with Crippen LogP contribution in [0.1, 0.15) is 68.2 Å². The molecule has 1 aromatic rings. The van der Waals surface area contributed by atoms with Gasteiger partial charge in [-0.15, -0.1) is 0 Å². The highest BCUT2D eigenvalue weighted by atomic mass is 32.2. The standard InChI is InChI=1S/C21H30O2S/c1-12(2)24-16(6)9-17-10-18(22)21(19(23)11-17)20-14(4)7-13(3)8-15(20)5/h7-8,12,16-17,21H,9-11H2,1-6H3. The molecular formula is C21H30O2S. The van der Waals surface area contributed by atoms with Gasteiger partial charge in [0, 0.05) is 18.1 Å². The minimum Gasteiger partial charge on any atom is -0.299 e. The molecule has 0 radical (unpaired) electrons. The summed E-state index contributed by atoms with van der Waals surface area (Å²) in [6.07, 6.45) is 2.05. The van der Waals surface area contributed by atoms with Crippen LogP contribution in [-0.2, 0) is 9.59 Å². The molecule has 1 fully saturated rings. The van der Waals surface area contributed by atoms with Crippen LogP contribution in [0.3, 0.4) is 0 Å². The second kappa shape index (κ2) is 7.86. The fraction of sp³-hybridized carbons (Fsp3) is 0.619. The minimum absolute atomic E-state index is 0.119. The summed E-state index contributed by atoms with van der Waals surface area (Å²) in [5, 5.41) is 1.08. The van der Waals surface area contributed by atoms with Gasteiger partial charge in [0.15, 0.2) is 0 Å². The molecule has 1 aromatic carbocycles. The molecule has 132 valence electrons. The van der Waals surface area contributed by atoms with Crippen LogP contribution in [0.4, 0.5) is 0 Å². The van der Waals surface area contributed by atoms with Gasteiger partial charge in [-0.3, -0.25) is 9.59 Å². The van der Waals surface area contributed by atoms with Crippen molar-refractivity contribution < 1.29 is 9.59 Å². The molecule has 1 aliphatic rings. The second-order valence-corrected chi connectivity index (χ2v) is 9.70. The Kier molecular flexibility index (Phi) is 6.30. The number of Topliss-reactive ketones (excluding diaryl/α,β-unsaturated/α-hetero) is 2. The van der Waals surface area contributed by atoms with Crippen molar-refractivity contribution in [1.82, 2.24) is 0 Å². The van der Waals surface area contributed by atoms with Crippen molar-refractivity contribution in [1.29, 1.82) is 0 Å². The highest BCUT2D eigenvalue weighted by Crippen LogP contribution is 2.37. The zero-order chi connectivity index (χ0) is 18.0. The van der Waals surface area contributed by atoms with Gasteiger partial charge >= 0.3 is 0 Å². The van der Waals surface area contributed by atoms with Crippen LogP contribution in [0.2, 0.25) is 0 Å². The summed E-state index contributed by atoms with van der Waals surface area (Å²) < 4.78 is 0. The summed E-state index contributed by atoms with van der Waals surface area (Å²) >= 11 is 1.93. The smallest absolute Gasteiger partial charge is 0.148 e. The molecule has 0 amide bonds. The maximum absolute atomic E-state index is 12.8. The predicted octanol–water partition coefficient (Wildman–Crippen LogP) is 5.16. The summed E-state index contributed by atoms with van der Waals surface area (Å²) in [6.45, 7) is 12.7. The van der Waals surface area contributed by atoms with Gasteiger partial charge in [-0.2, -0.15) is 11.8 Å². The van der Waals surface area contributed by atoms with Crippen molar-refractivity contribution in [2.45, 2.75) is 77.2 Å². The molecule has 1 unspecified atom stereocenters. The Morgan fingerprint density at radius 3 is 1.96 bits per heavy atom. The molecule has 0 spiro atoms. The molecule has 1 atom stereocenters. The molecule has 0 saturated heterocycles. The Morgan fingerprint density at radius 2 is 1.50 bits per heavy atom. The summed E-state index contributed by atoms with van der Waals surface area (Å²) in [6, 6.07) is 4.16. The molecule has 2 rings (SSSR count). The van der Waals surface area contributed by atoms with Gasteiger partial charge < -0.3 is 0 Å². The topological polar surface area (TPSA) is 34.1 Å². The van der Waals surface area contributed by atoms with Crippen molar-refractivity contribution in [3.05, 3.63) is 34.4 Å². The number of hydrogen-bond acceptors (Lipinski definition) is 3. The number of aryl methyl sites for hydroxylation is 3. The van der Waals surface area contributed by atoms with Gasteiger partial charge in [-0.05, 0) is 55.1 Å². The van der Waals surface area contributed by atoms with Gasteiger partial charge in [0.05, 0.1) is 0 Å². The first kappa shape index (κ1) is 19.2. The molecule has 24 heavy (non-hydrogen) atoms. The molecule has 2 nitrogen and oxygen atoms in total. The first-order valence-corrected chi connectivity index (χ1v) is 9.92. The zero-order valence-electron chi connectivity index (χ0n) is 15.8. The number of thioether (sulfide) groups is 1. The third-order valence-corrected chi connectivity index (χ3v) is 6.02. The van der Waals surface area contributed by atoms with Crippen molar-refractivity contribution in [2.75, 3.05) is 0 Å². The van der Waals surface area contributed by atoms with Crippen LogP contribution < -0.4 is 0 Å². The van der Waals surface area contributed by atoms with E-state index >= 15 is 0 Å². The van der Waals surface area contributed by atoms with Gasteiger partial charge in [0.1, 0.15) is 17.5 Å². The maximum Gasteiger partial charge on any atom is 0.148 e. The maximum atomic E-state index is 12.8. The first-order chi connectivity index (χ1) is 11.2. The highest BCUT2D eigenvalue weighted by Gasteiger charge is 2.38. The van der Waals surface area contributed by atoms with E-state index in [-0.39, 0.29) is 17.5 Å². The lowest BCUT2D eigenvalue weighted by atomic mass is 9.73. The van der Waals surface area contributed by atoms with Crippen LogP contribution >= 0.6 is 11.8 Å². The van der Waals surface area contributed by atoms with Crippen LogP contribution in [0.5, 0.6) is 0 Å². The Bertz CT molecular complexity index is 592. The Balaban J connectivity index is 2.15. The largest absolute Gasteiger partial charge is 0.299 e. The van der Waals surface area contributed by atoms with E-state index in [1.165, 1.54) is 5.56 Å². The molecule has 1 aliphatic carbocycles. The molecule has 0 bridgehead atoms. The molecular weight excluding hydrogens is 316 g/mol. The minimum atomic E-state index is -0.532. The SMILES string of the molecule is Cc1cc(C)c(C2C(=O)CC(CC(C)SC(C)C)CC2=O)c(C)c1. The molecule has 3 heteroatoms. The van der Waals surface area contributed by atoms with Gasteiger partial charge in [-0.1, -0.05) is 38.5 Å².